The minimum absolute atomic E-state index is 0.177. The minimum atomic E-state index is -0.993. The number of carboxylic acid groups (broad SMARTS) is 1. The second-order valence-corrected chi connectivity index (χ2v) is 4.30. The van der Waals surface area contributed by atoms with Crippen LogP contribution in [-0.4, -0.2) is 28.2 Å². The van der Waals surface area contributed by atoms with Crippen LogP contribution in [-0.2, 0) is 10.3 Å². The number of aryl methyl sites for hydroxylation is 2. The van der Waals surface area contributed by atoms with Gasteiger partial charge in [0.05, 0.1) is 11.4 Å². The Labute approximate surface area is 107 Å². The molecule has 0 bridgehead atoms. The summed E-state index contributed by atoms with van der Waals surface area (Å²) < 4.78 is 5.56. The minimum Gasteiger partial charge on any atom is -0.478 e. The van der Waals surface area contributed by atoms with Gasteiger partial charge in [-0.15, -0.1) is 0 Å². The number of hydrogen-bond donors (Lipinski definition) is 1. The Balaban J connectivity index is 3.41. The number of rotatable bonds is 5. The number of ether oxygens (including phenoxy) is 1. The highest BCUT2D eigenvalue weighted by atomic mass is 16.5. The van der Waals surface area contributed by atoms with Crippen molar-refractivity contribution in [3.63, 3.8) is 0 Å². The molecule has 0 atom stereocenters. The Bertz CT molecular complexity index is 422. The van der Waals surface area contributed by atoms with Gasteiger partial charge >= 0.3 is 5.97 Å². The maximum atomic E-state index is 11.1. The molecule has 1 aromatic heterocycles. The van der Waals surface area contributed by atoms with Crippen molar-refractivity contribution in [1.29, 1.82) is 0 Å². The van der Waals surface area contributed by atoms with E-state index in [2.05, 4.69) is 9.97 Å². The van der Waals surface area contributed by atoms with Crippen LogP contribution in [0.15, 0.2) is 0 Å². The Hall–Kier alpha value is -1.49. The van der Waals surface area contributed by atoms with Crippen molar-refractivity contribution in [2.45, 2.75) is 46.1 Å². The summed E-state index contributed by atoms with van der Waals surface area (Å²) in [6, 6.07) is 0. The van der Waals surface area contributed by atoms with Crippen molar-refractivity contribution in [2.24, 2.45) is 0 Å². The maximum Gasteiger partial charge on any atom is 0.339 e. The van der Waals surface area contributed by atoms with Crippen LogP contribution in [0.4, 0.5) is 0 Å². The molecule has 1 rings (SSSR count). The van der Waals surface area contributed by atoms with Crippen molar-refractivity contribution < 1.29 is 14.6 Å². The molecule has 0 radical (unpaired) electrons. The largest absolute Gasteiger partial charge is 0.478 e. The molecule has 0 aliphatic carbocycles. The molecule has 0 unspecified atom stereocenters. The van der Waals surface area contributed by atoms with E-state index < -0.39 is 11.6 Å². The summed E-state index contributed by atoms with van der Waals surface area (Å²) in [7, 11) is 1.63. The van der Waals surface area contributed by atoms with Gasteiger partial charge in [-0.05, 0) is 26.7 Å². The number of nitrogens with zero attached hydrogens (tertiary/aromatic N) is 2. The van der Waals surface area contributed by atoms with Crippen LogP contribution in [0.5, 0.6) is 0 Å². The predicted octanol–water partition coefficient (Wildman–Crippen LogP) is 2.45. The Morgan fingerprint density at radius 2 is 1.67 bits per heavy atom. The van der Waals surface area contributed by atoms with Crippen LogP contribution in [0.1, 0.15) is 54.3 Å². The fourth-order valence-corrected chi connectivity index (χ4v) is 2.18. The molecule has 0 fully saturated rings. The molecule has 0 spiro atoms. The molecule has 5 nitrogen and oxygen atoms in total. The number of carbonyl (C=O) groups is 1. The van der Waals surface area contributed by atoms with Crippen LogP contribution < -0.4 is 0 Å². The number of aromatic nitrogens is 2. The molecular formula is C13H20N2O3. The molecule has 0 aromatic carbocycles. The average Bonchev–Trinajstić information content (AvgIpc) is 2.30. The Kier molecular flexibility index (Phi) is 4.40. The first kappa shape index (κ1) is 14.6. The lowest BCUT2D eigenvalue weighted by Gasteiger charge is -2.29. The molecule has 0 saturated heterocycles. The number of carboxylic acids is 1. The summed E-state index contributed by atoms with van der Waals surface area (Å²) in [6.45, 7) is 7.39. The zero-order chi connectivity index (χ0) is 13.9. The van der Waals surface area contributed by atoms with E-state index in [1.54, 1.807) is 21.0 Å². The third kappa shape index (κ3) is 2.36. The van der Waals surface area contributed by atoms with Gasteiger partial charge in [-0.3, -0.25) is 0 Å². The molecule has 100 valence electrons. The van der Waals surface area contributed by atoms with Gasteiger partial charge in [0.1, 0.15) is 11.2 Å². The van der Waals surface area contributed by atoms with Gasteiger partial charge in [-0.1, -0.05) is 13.8 Å². The van der Waals surface area contributed by atoms with E-state index in [1.807, 2.05) is 13.8 Å². The molecule has 1 N–H and O–H groups in total. The fraction of sp³-hybridized carbons (Fsp3) is 0.615. The molecule has 1 aromatic rings. The van der Waals surface area contributed by atoms with Crippen LogP contribution in [0.25, 0.3) is 0 Å². The molecule has 0 aliphatic heterocycles. The van der Waals surface area contributed by atoms with E-state index in [4.69, 9.17) is 9.84 Å². The molecule has 1 heterocycles. The summed E-state index contributed by atoms with van der Waals surface area (Å²) >= 11 is 0. The van der Waals surface area contributed by atoms with Crippen LogP contribution in [0.3, 0.4) is 0 Å². The predicted molar refractivity (Wildman–Crippen MR) is 67.7 cm³/mol. The third-order valence-corrected chi connectivity index (χ3v) is 3.43. The second-order valence-electron chi connectivity index (χ2n) is 4.30. The zero-order valence-corrected chi connectivity index (χ0v) is 11.6. The van der Waals surface area contributed by atoms with Gasteiger partial charge in [0.15, 0.2) is 5.82 Å². The quantitative estimate of drug-likeness (QED) is 0.871. The monoisotopic (exact) mass is 252 g/mol. The van der Waals surface area contributed by atoms with Gasteiger partial charge < -0.3 is 9.84 Å². The van der Waals surface area contributed by atoms with E-state index in [1.165, 1.54) is 0 Å². The van der Waals surface area contributed by atoms with Crippen molar-refractivity contribution >= 4 is 5.97 Å². The molecular weight excluding hydrogens is 232 g/mol. The van der Waals surface area contributed by atoms with E-state index in [9.17, 15) is 4.79 Å². The fourth-order valence-electron chi connectivity index (χ4n) is 2.18. The summed E-state index contributed by atoms with van der Waals surface area (Å²) in [4.78, 5) is 19.7. The Morgan fingerprint density at radius 3 is 1.94 bits per heavy atom. The van der Waals surface area contributed by atoms with Gasteiger partial charge in [0.25, 0.3) is 0 Å². The van der Waals surface area contributed by atoms with E-state index >= 15 is 0 Å². The van der Waals surface area contributed by atoms with Crippen LogP contribution >= 0.6 is 0 Å². The van der Waals surface area contributed by atoms with E-state index in [-0.39, 0.29) is 5.56 Å². The lowest BCUT2D eigenvalue weighted by molar-refractivity contribution is -0.0294. The maximum absolute atomic E-state index is 11.1. The summed E-state index contributed by atoms with van der Waals surface area (Å²) in [5, 5.41) is 9.10. The SMILES string of the molecule is CCC(CC)(OC)c1nc(C)c(C(=O)O)c(C)n1. The second kappa shape index (κ2) is 5.44. The highest BCUT2D eigenvalue weighted by Crippen LogP contribution is 2.30. The van der Waals surface area contributed by atoms with Crippen LogP contribution in [0, 0.1) is 13.8 Å². The number of aromatic carboxylic acids is 1. The molecule has 18 heavy (non-hydrogen) atoms. The van der Waals surface area contributed by atoms with Crippen molar-refractivity contribution in [2.75, 3.05) is 7.11 Å². The van der Waals surface area contributed by atoms with E-state index in [0.717, 1.165) is 12.8 Å². The highest BCUT2D eigenvalue weighted by molar-refractivity contribution is 5.89. The number of methoxy groups -OCH3 is 1. The lowest BCUT2D eigenvalue weighted by Crippen LogP contribution is -2.30. The lowest BCUT2D eigenvalue weighted by atomic mass is 9.95. The van der Waals surface area contributed by atoms with Gasteiger partial charge in [0.2, 0.25) is 0 Å². The van der Waals surface area contributed by atoms with Crippen molar-refractivity contribution in [3.8, 4) is 0 Å². The standard InChI is InChI=1S/C13H20N2O3/c1-6-13(7-2,18-5)12-14-8(3)10(11(16)17)9(4)15-12/h6-7H2,1-5H3,(H,16,17). The first-order valence-electron chi connectivity index (χ1n) is 6.06. The van der Waals surface area contributed by atoms with Gasteiger partial charge in [-0.25, -0.2) is 14.8 Å². The normalized spacial score (nSPS) is 11.6. The van der Waals surface area contributed by atoms with Gasteiger partial charge in [0, 0.05) is 7.11 Å². The average molecular weight is 252 g/mol. The molecule has 0 saturated carbocycles. The van der Waals surface area contributed by atoms with Gasteiger partial charge in [-0.2, -0.15) is 0 Å². The van der Waals surface area contributed by atoms with E-state index in [0.29, 0.717) is 17.2 Å². The molecule has 5 heteroatoms. The molecule has 0 aliphatic rings. The third-order valence-electron chi connectivity index (χ3n) is 3.43. The summed E-state index contributed by atoms with van der Waals surface area (Å²) in [6.07, 6.45) is 1.48. The zero-order valence-electron chi connectivity index (χ0n) is 11.6. The van der Waals surface area contributed by atoms with Crippen LogP contribution in [0.2, 0.25) is 0 Å². The topological polar surface area (TPSA) is 72.3 Å². The smallest absolute Gasteiger partial charge is 0.339 e. The Morgan fingerprint density at radius 1 is 1.22 bits per heavy atom. The molecule has 0 amide bonds. The highest BCUT2D eigenvalue weighted by Gasteiger charge is 2.32. The first-order valence-corrected chi connectivity index (χ1v) is 6.06. The van der Waals surface area contributed by atoms with Crippen molar-refractivity contribution in [1.82, 2.24) is 9.97 Å². The number of hydrogen-bond acceptors (Lipinski definition) is 4. The summed E-state index contributed by atoms with van der Waals surface area (Å²) in [5.74, 6) is -0.428. The first-order chi connectivity index (χ1) is 8.41. The summed E-state index contributed by atoms with van der Waals surface area (Å²) in [5.41, 5.74) is 0.602. The van der Waals surface area contributed by atoms with Crippen molar-refractivity contribution in [3.05, 3.63) is 22.8 Å².